The molecule has 0 saturated heterocycles. The summed E-state index contributed by atoms with van der Waals surface area (Å²) in [5.41, 5.74) is -2.01. The standard InChI is InChI=1S/C16H28N2O9/c1-15(2,3)26-13(21)18(14(22)27-16(4,5)6)11(12(20)25-7)8-10(19)9-17(23)24/h10-11,19H,8-9H2,1-7H3/t10-,11-/m0/s1. The van der Waals surface area contributed by atoms with Gasteiger partial charge in [-0.15, -0.1) is 0 Å². The molecule has 156 valence electrons. The monoisotopic (exact) mass is 392 g/mol. The zero-order chi connectivity index (χ0) is 21.6. The first-order valence-electron chi connectivity index (χ1n) is 8.20. The molecule has 0 aliphatic carbocycles. The van der Waals surface area contributed by atoms with Crippen LogP contribution in [-0.4, -0.2) is 70.1 Å². The predicted octanol–water partition coefficient (Wildman–Crippen LogP) is 1.73. The molecule has 0 unspecified atom stereocenters. The van der Waals surface area contributed by atoms with E-state index in [4.69, 9.17) is 9.47 Å². The van der Waals surface area contributed by atoms with Crippen molar-refractivity contribution in [2.45, 2.75) is 71.3 Å². The van der Waals surface area contributed by atoms with Gasteiger partial charge in [0.2, 0.25) is 6.54 Å². The highest BCUT2D eigenvalue weighted by Crippen LogP contribution is 2.20. The second-order valence-corrected chi connectivity index (χ2v) is 7.77. The second kappa shape index (κ2) is 9.49. The van der Waals surface area contributed by atoms with Gasteiger partial charge in [-0.2, -0.15) is 4.90 Å². The van der Waals surface area contributed by atoms with E-state index in [2.05, 4.69) is 4.74 Å². The minimum absolute atomic E-state index is 0.367. The maximum Gasteiger partial charge on any atom is 0.420 e. The van der Waals surface area contributed by atoms with Crippen LogP contribution in [0.3, 0.4) is 0 Å². The van der Waals surface area contributed by atoms with E-state index in [1.54, 1.807) is 41.5 Å². The van der Waals surface area contributed by atoms with Crippen molar-refractivity contribution < 1.29 is 38.6 Å². The van der Waals surface area contributed by atoms with E-state index in [0.717, 1.165) is 7.11 Å². The summed E-state index contributed by atoms with van der Waals surface area (Å²) < 4.78 is 14.9. The molecule has 0 bridgehead atoms. The summed E-state index contributed by atoms with van der Waals surface area (Å²) in [7, 11) is 1.01. The van der Waals surface area contributed by atoms with Gasteiger partial charge in [-0.25, -0.2) is 14.4 Å². The van der Waals surface area contributed by atoms with Gasteiger partial charge in [0.15, 0.2) is 0 Å². The van der Waals surface area contributed by atoms with Gasteiger partial charge < -0.3 is 19.3 Å². The van der Waals surface area contributed by atoms with Gasteiger partial charge in [-0.1, -0.05) is 0 Å². The smallest absolute Gasteiger partial charge is 0.420 e. The van der Waals surface area contributed by atoms with Gasteiger partial charge in [0.1, 0.15) is 23.3 Å². The lowest BCUT2D eigenvalue weighted by Gasteiger charge is -2.32. The molecule has 0 aromatic heterocycles. The highest BCUT2D eigenvalue weighted by Gasteiger charge is 2.42. The Hall–Kier alpha value is -2.43. The molecule has 0 saturated carbocycles. The van der Waals surface area contributed by atoms with Crippen molar-refractivity contribution in [1.29, 1.82) is 0 Å². The number of rotatable bonds is 6. The van der Waals surface area contributed by atoms with Crippen LogP contribution in [0.25, 0.3) is 0 Å². The van der Waals surface area contributed by atoms with Crippen molar-refractivity contribution in [3.63, 3.8) is 0 Å². The number of amides is 2. The highest BCUT2D eigenvalue weighted by molar-refractivity contribution is 5.94. The fraction of sp³-hybridized carbons (Fsp3) is 0.812. The largest absolute Gasteiger partial charge is 0.467 e. The van der Waals surface area contributed by atoms with Crippen LogP contribution in [0.2, 0.25) is 0 Å². The molecule has 11 heteroatoms. The summed E-state index contributed by atoms with van der Waals surface area (Å²) in [6, 6.07) is -1.67. The first-order valence-corrected chi connectivity index (χ1v) is 8.20. The maximum absolute atomic E-state index is 12.5. The lowest BCUT2D eigenvalue weighted by atomic mass is 10.1. The third kappa shape index (κ3) is 9.73. The summed E-state index contributed by atoms with van der Waals surface area (Å²) in [4.78, 5) is 47.4. The molecular weight excluding hydrogens is 364 g/mol. The Bertz CT molecular complexity index is 535. The summed E-state index contributed by atoms with van der Waals surface area (Å²) in [5, 5.41) is 20.4. The number of carbonyl (C=O) groups excluding carboxylic acids is 3. The van der Waals surface area contributed by atoms with Gasteiger partial charge in [-0.05, 0) is 41.5 Å². The van der Waals surface area contributed by atoms with E-state index in [-0.39, 0.29) is 0 Å². The van der Waals surface area contributed by atoms with Crippen LogP contribution >= 0.6 is 0 Å². The predicted molar refractivity (Wildman–Crippen MR) is 92.6 cm³/mol. The fourth-order valence-corrected chi connectivity index (χ4v) is 1.90. The average molecular weight is 392 g/mol. The van der Waals surface area contributed by atoms with Crippen molar-refractivity contribution in [2.75, 3.05) is 13.7 Å². The molecule has 0 fully saturated rings. The van der Waals surface area contributed by atoms with Crippen molar-refractivity contribution in [3.8, 4) is 0 Å². The van der Waals surface area contributed by atoms with Crippen molar-refractivity contribution in [2.24, 2.45) is 0 Å². The van der Waals surface area contributed by atoms with Crippen LogP contribution in [0.4, 0.5) is 9.59 Å². The third-order valence-corrected chi connectivity index (χ3v) is 2.82. The number of hydrogen-bond acceptors (Lipinski definition) is 9. The Morgan fingerprint density at radius 1 is 1.04 bits per heavy atom. The zero-order valence-electron chi connectivity index (χ0n) is 16.7. The maximum atomic E-state index is 12.5. The lowest BCUT2D eigenvalue weighted by molar-refractivity contribution is -0.490. The molecule has 2 amide bonds. The first kappa shape index (κ1) is 24.6. The molecule has 0 rings (SSSR count). The lowest BCUT2D eigenvalue weighted by Crippen LogP contribution is -2.53. The Morgan fingerprint density at radius 2 is 1.44 bits per heavy atom. The topological polar surface area (TPSA) is 146 Å². The molecule has 0 heterocycles. The van der Waals surface area contributed by atoms with E-state index in [9.17, 15) is 29.6 Å². The number of nitrogens with zero attached hydrogens (tertiary/aromatic N) is 2. The number of ether oxygens (including phenoxy) is 3. The van der Waals surface area contributed by atoms with Gasteiger partial charge in [0.05, 0.1) is 7.11 Å². The molecule has 0 aromatic rings. The Balaban J connectivity index is 5.88. The van der Waals surface area contributed by atoms with Gasteiger partial charge in [0, 0.05) is 11.3 Å². The summed E-state index contributed by atoms with van der Waals surface area (Å²) in [5.74, 6) is -1.06. The van der Waals surface area contributed by atoms with E-state index >= 15 is 0 Å². The Labute approximate surface area is 157 Å². The Morgan fingerprint density at radius 3 is 1.74 bits per heavy atom. The zero-order valence-corrected chi connectivity index (χ0v) is 16.7. The number of nitro groups is 1. The SMILES string of the molecule is COC(=O)[C@H](C[C@H](O)C[N+](=O)[O-])N(C(=O)OC(C)(C)C)C(=O)OC(C)(C)C. The number of aliphatic hydroxyl groups is 1. The molecule has 0 radical (unpaired) electrons. The number of aliphatic hydroxyl groups excluding tert-OH is 1. The minimum Gasteiger partial charge on any atom is -0.467 e. The van der Waals surface area contributed by atoms with Crippen LogP contribution in [0.5, 0.6) is 0 Å². The summed E-state index contributed by atoms with van der Waals surface area (Å²) in [6.45, 7) is 8.41. The van der Waals surface area contributed by atoms with E-state index in [0.29, 0.717) is 4.90 Å². The molecule has 0 aliphatic heterocycles. The van der Waals surface area contributed by atoms with E-state index < -0.39 is 59.4 Å². The van der Waals surface area contributed by atoms with Crippen LogP contribution in [-0.2, 0) is 19.0 Å². The molecule has 1 N–H and O–H groups in total. The summed E-state index contributed by atoms with van der Waals surface area (Å²) in [6.07, 6.45) is -4.65. The first-order chi connectivity index (χ1) is 12.1. The molecule has 0 aromatic carbocycles. The number of imide groups is 1. The van der Waals surface area contributed by atoms with Crippen LogP contribution < -0.4 is 0 Å². The van der Waals surface area contributed by atoms with Crippen molar-refractivity contribution in [1.82, 2.24) is 4.90 Å². The van der Waals surface area contributed by atoms with Gasteiger partial charge in [-0.3, -0.25) is 10.1 Å². The third-order valence-electron chi connectivity index (χ3n) is 2.82. The molecular formula is C16H28N2O9. The van der Waals surface area contributed by atoms with Crippen molar-refractivity contribution in [3.05, 3.63) is 10.1 Å². The number of methoxy groups -OCH3 is 1. The number of carbonyl (C=O) groups is 3. The number of hydrogen-bond donors (Lipinski definition) is 1. The molecule has 0 spiro atoms. The fourth-order valence-electron chi connectivity index (χ4n) is 1.90. The average Bonchev–Trinajstić information content (AvgIpc) is 2.40. The van der Waals surface area contributed by atoms with Gasteiger partial charge >= 0.3 is 18.2 Å². The van der Waals surface area contributed by atoms with Crippen molar-refractivity contribution >= 4 is 18.2 Å². The minimum atomic E-state index is -1.67. The van der Waals surface area contributed by atoms with Crippen LogP contribution in [0.15, 0.2) is 0 Å². The Kier molecular flexibility index (Phi) is 8.64. The molecule has 0 aliphatic rings. The number of esters is 1. The molecule has 27 heavy (non-hydrogen) atoms. The van der Waals surface area contributed by atoms with Crippen LogP contribution in [0.1, 0.15) is 48.0 Å². The summed E-state index contributed by atoms with van der Waals surface area (Å²) >= 11 is 0. The quantitative estimate of drug-likeness (QED) is 0.309. The normalized spacial score (nSPS) is 13.9. The second-order valence-electron chi connectivity index (χ2n) is 7.77. The van der Waals surface area contributed by atoms with E-state index in [1.165, 1.54) is 0 Å². The van der Waals surface area contributed by atoms with E-state index in [1.807, 2.05) is 0 Å². The molecule has 2 atom stereocenters. The van der Waals surface area contributed by atoms with Gasteiger partial charge in [0.25, 0.3) is 0 Å². The molecule has 11 nitrogen and oxygen atoms in total. The highest BCUT2D eigenvalue weighted by atomic mass is 16.6. The van der Waals surface area contributed by atoms with Crippen LogP contribution in [0, 0.1) is 10.1 Å².